The van der Waals surface area contributed by atoms with Gasteiger partial charge in [-0.25, -0.2) is 26.0 Å². The lowest BCUT2D eigenvalue weighted by atomic mass is 9.94. The van der Waals surface area contributed by atoms with Crippen molar-refractivity contribution in [3.05, 3.63) is 162 Å². The van der Waals surface area contributed by atoms with Gasteiger partial charge in [0, 0.05) is 31.2 Å². The first kappa shape index (κ1) is 33.6. The predicted molar refractivity (Wildman–Crippen MR) is 183 cm³/mol. The van der Waals surface area contributed by atoms with Crippen LogP contribution >= 0.6 is 46.4 Å². The van der Waals surface area contributed by atoms with Crippen molar-refractivity contribution in [1.29, 1.82) is 0 Å². The highest BCUT2D eigenvalue weighted by molar-refractivity contribution is 7.89. The lowest BCUT2D eigenvalue weighted by Gasteiger charge is -2.15. The first-order chi connectivity index (χ1) is 22.3. The monoisotopic (exact) mass is 734 g/mol. The molecule has 0 bridgehead atoms. The topological polar surface area (TPSA) is 34.1 Å². The van der Waals surface area contributed by atoms with Crippen molar-refractivity contribution in [3.8, 4) is 0 Å². The summed E-state index contributed by atoms with van der Waals surface area (Å²) < 4.78 is 87.5. The van der Waals surface area contributed by atoms with Crippen LogP contribution in [0.5, 0.6) is 0 Å². The average Bonchev–Trinajstić information content (AvgIpc) is 3.66. The summed E-state index contributed by atoms with van der Waals surface area (Å²) in [6, 6.07) is 14.0. The summed E-state index contributed by atoms with van der Waals surface area (Å²) in [6.07, 6.45) is 8.24. The second-order valence-corrected chi connectivity index (χ2v) is 14.9. The van der Waals surface area contributed by atoms with Gasteiger partial charge in [0.05, 0.1) is 11.5 Å². The summed E-state index contributed by atoms with van der Waals surface area (Å²) >= 11 is 24.6. The number of allylic oxidation sites excluding steroid dienone is 8. The molecule has 0 aromatic heterocycles. The molecule has 2 nitrogen and oxygen atoms in total. The Kier molecular flexibility index (Phi) is 9.49. The van der Waals surface area contributed by atoms with Gasteiger partial charge in [0.2, 0.25) is 0 Å². The number of halogens is 8. The quantitative estimate of drug-likeness (QED) is 0.169. The van der Waals surface area contributed by atoms with Gasteiger partial charge in [-0.3, -0.25) is 0 Å². The molecular weight excluding hydrogens is 714 g/mol. The standard InChI is InChI=1S/C36H22Cl4F4O2S/c37-23-7-19(8-24(38)15-23)27-3-1-5-29(27)21-11-33(41)31(34(42)12-21)17-47(45,46)18-32-35(43)13-22(14-36(32)44)30-6-2-4-28(30)20-9-25(39)16-26(40)10-20/h3-16H,1-2,17-18H2. The average molecular weight is 736 g/mol. The SMILES string of the molecule is O=S(=O)(Cc1c(F)cc(C2=CCC=C2c2cc(Cl)cc(Cl)c2)cc1F)Cc1c(F)cc(C2=CCC=C2c2cc(Cl)cc(Cl)c2)cc1F. The van der Waals surface area contributed by atoms with Crippen LogP contribution in [0.1, 0.15) is 46.2 Å². The first-order valence-corrected chi connectivity index (χ1v) is 17.5. The molecule has 0 unspecified atom stereocenters. The Morgan fingerprint density at radius 2 is 0.702 bits per heavy atom. The lowest BCUT2D eigenvalue weighted by Crippen LogP contribution is -2.13. The van der Waals surface area contributed by atoms with E-state index in [9.17, 15) is 8.42 Å². The smallest absolute Gasteiger partial charge is 0.159 e. The van der Waals surface area contributed by atoms with Crippen LogP contribution in [0.15, 0.2) is 85.0 Å². The van der Waals surface area contributed by atoms with E-state index in [1.165, 1.54) is 0 Å². The summed E-state index contributed by atoms with van der Waals surface area (Å²) in [4.78, 5) is 0. The maximum absolute atomic E-state index is 15.3. The van der Waals surface area contributed by atoms with Crippen LogP contribution in [-0.4, -0.2) is 8.42 Å². The number of sulfone groups is 1. The zero-order valence-electron chi connectivity index (χ0n) is 24.2. The number of hydrogen-bond donors (Lipinski definition) is 0. The molecule has 2 aliphatic carbocycles. The maximum atomic E-state index is 15.3. The minimum absolute atomic E-state index is 0.184. The molecule has 47 heavy (non-hydrogen) atoms. The van der Waals surface area contributed by atoms with E-state index in [0.717, 1.165) is 24.3 Å². The minimum Gasteiger partial charge on any atom is -0.228 e. The third-order valence-corrected chi connectivity index (χ3v) is 10.2. The third-order valence-electron chi connectivity index (χ3n) is 7.85. The van der Waals surface area contributed by atoms with Crippen LogP contribution in [0, 0.1) is 23.3 Å². The van der Waals surface area contributed by atoms with Crippen molar-refractivity contribution in [3.63, 3.8) is 0 Å². The van der Waals surface area contributed by atoms with E-state index in [1.54, 1.807) is 48.6 Å². The Morgan fingerprint density at radius 1 is 0.447 bits per heavy atom. The molecule has 0 heterocycles. The normalized spacial score (nSPS) is 14.6. The van der Waals surface area contributed by atoms with Crippen molar-refractivity contribution >= 4 is 78.5 Å². The second-order valence-electron chi connectivity index (χ2n) is 11.1. The molecule has 6 rings (SSSR count). The van der Waals surface area contributed by atoms with Gasteiger partial charge in [0.15, 0.2) is 9.84 Å². The molecule has 2 aliphatic rings. The van der Waals surface area contributed by atoms with E-state index >= 15 is 17.6 Å². The van der Waals surface area contributed by atoms with Crippen molar-refractivity contribution in [1.82, 2.24) is 0 Å². The van der Waals surface area contributed by atoms with Gasteiger partial charge in [-0.1, -0.05) is 70.7 Å². The van der Waals surface area contributed by atoms with Gasteiger partial charge in [0.25, 0.3) is 0 Å². The fourth-order valence-corrected chi connectivity index (χ4v) is 8.41. The summed E-state index contributed by atoms with van der Waals surface area (Å²) in [5.74, 6) is -6.64. The highest BCUT2D eigenvalue weighted by atomic mass is 35.5. The van der Waals surface area contributed by atoms with Gasteiger partial charge >= 0.3 is 0 Å². The minimum atomic E-state index is -4.44. The molecule has 11 heteroatoms. The van der Waals surface area contributed by atoms with Crippen LogP contribution < -0.4 is 0 Å². The third kappa shape index (κ3) is 7.25. The van der Waals surface area contributed by atoms with Crippen LogP contribution in [0.25, 0.3) is 22.3 Å². The van der Waals surface area contributed by atoms with Gasteiger partial charge in [0.1, 0.15) is 23.3 Å². The van der Waals surface area contributed by atoms with Crippen molar-refractivity contribution in [2.24, 2.45) is 0 Å². The fraction of sp³-hybridized carbons (Fsp3) is 0.111. The predicted octanol–water partition coefficient (Wildman–Crippen LogP) is 11.7. The van der Waals surface area contributed by atoms with E-state index < -0.39 is 55.7 Å². The Morgan fingerprint density at radius 3 is 0.979 bits per heavy atom. The largest absolute Gasteiger partial charge is 0.228 e. The molecule has 240 valence electrons. The molecule has 0 spiro atoms. The number of rotatable bonds is 8. The fourth-order valence-electron chi connectivity index (χ4n) is 5.82. The van der Waals surface area contributed by atoms with Gasteiger partial charge < -0.3 is 0 Å². The summed E-state index contributed by atoms with van der Waals surface area (Å²) in [7, 11) is -4.44. The summed E-state index contributed by atoms with van der Waals surface area (Å²) in [5.41, 5.74) is 2.58. The van der Waals surface area contributed by atoms with Crippen LogP contribution in [0.4, 0.5) is 17.6 Å². The van der Waals surface area contributed by atoms with E-state index in [1.807, 2.05) is 12.2 Å². The molecule has 0 amide bonds. The van der Waals surface area contributed by atoms with Crippen molar-refractivity contribution in [2.75, 3.05) is 0 Å². The zero-order valence-corrected chi connectivity index (χ0v) is 28.0. The zero-order chi connectivity index (χ0) is 33.6. The number of benzene rings is 4. The Labute approximate surface area is 289 Å². The molecule has 0 saturated carbocycles. The molecule has 0 saturated heterocycles. The molecule has 0 atom stereocenters. The van der Waals surface area contributed by atoms with Crippen LogP contribution in [0.3, 0.4) is 0 Å². The van der Waals surface area contributed by atoms with E-state index in [-0.39, 0.29) is 11.1 Å². The molecule has 0 N–H and O–H groups in total. The van der Waals surface area contributed by atoms with Gasteiger partial charge in [-0.15, -0.1) is 0 Å². The molecule has 4 aromatic rings. The molecular formula is C36H22Cl4F4O2S. The highest BCUT2D eigenvalue weighted by Crippen LogP contribution is 2.41. The second kappa shape index (κ2) is 13.3. The van der Waals surface area contributed by atoms with Gasteiger partial charge in [-0.2, -0.15) is 0 Å². The van der Waals surface area contributed by atoms with Gasteiger partial charge in [-0.05, 0) is 118 Å². The van der Waals surface area contributed by atoms with E-state index in [0.29, 0.717) is 66.4 Å². The highest BCUT2D eigenvalue weighted by Gasteiger charge is 2.26. The molecule has 0 fully saturated rings. The first-order valence-electron chi connectivity index (χ1n) is 14.2. The Hall–Kier alpha value is -3.33. The Bertz CT molecular complexity index is 1970. The molecule has 4 aromatic carbocycles. The number of hydrogen-bond acceptors (Lipinski definition) is 2. The molecule has 0 radical (unpaired) electrons. The van der Waals surface area contributed by atoms with Crippen molar-refractivity contribution < 1.29 is 26.0 Å². The Balaban J connectivity index is 1.23. The van der Waals surface area contributed by atoms with Crippen LogP contribution in [0.2, 0.25) is 20.1 Å². The summed E-state index contributed by atoms with van der Waals surface area (Å²) in [5, 5.41) is 1.56. The summed E-state index contributed by atoms with van der Waals surface area (Å²) in [6.45, 7) is 0. The molecule has 0 aliphatic heterocycles. The maximum Gasteiger partial charge on any atom is 0.159 e. The van der Waals surface area contributed by atoms with E-state index in [4.69, 9.17) is 46.4 Å². The van der Waals surface area contributed by atoms with Crippen LogP contribution in [-0.2, 0) is 21.3 Å². The van der Waals surface area contributed by atoms with E-state index in [2.05, 4.69) is 0 Å². The van der Waals surface area contributed by atoms with Crippen molar-refractivity contribution in [2.45, 2.75) is 24.3 Å². The lowest BCUT2D eigenvalue weighted by molar-refractivity contribution is 0.547.